The lowest BCUT2D eigenvalue weighted by molar-refractivity contribution is -0.137. The molecule has 0 aliphatic heterocycles. The van der Waals surface area contributed by atoms with Crippen LogP contribution in [0.15, 0.2) is 29.4 Å². The van der Waals surface area contributed by atoms with Gasteiger partial charge in [-0.05, 0) is 56.1 Å². The summed E-state index contributed by atoms with van der Waals surface area (Å²) in [6, 6.07) is 5.16. The van der Waals surface area contributed by atoms with Gasteiger partial charge in [0.25, 0.3) is 0 Å². The molecule has 0 spiro atoms. The third kappa shape index (κ3) is 9.23. The topological polar surface area (TPSA) is 105 Å². The summed E-state index contributed by atoms with van der Waals surface area (Å²) < 4.78 is 38.6. The second kappa shape index (κ2) is 13.9. The van der Waals surface area contributed by atoms with Crippen LogP contribution in [0, 0.1) is 11.8 Å². The van der Waals surface area contributed by atoms with Crippen LogP contribution in [0.4, 0.5) is 13.2 Å². The summed E-state index contributed by atoms with van der Waals surface area (Å²) in [7, 11) is 0. The molecule has 0 saturated heterocycles. The van der Waals surface area contributed by atoms with Gasteiger partial charge in [0.15, 0.2) is 0 Å². The lowest BCUT2D eigenvalue weighted by Gasteiger charge is -2.23. The summed E-state index contributed by atoms with van der Waals surface area (Å²) in [6.07, 6.45) is 2.12. The molecule has 1 fully saturated rings. The molecule has 1 unspecified atom stereocenters. The van der Waals surface area contributed by atoms with E-state index in [-0.39, 0.29) is 11.8 Å². The number of benzene rings is 1. The Balaban J connectivity index is 1.80. The average Bonchev–Trinajstić information content (AvgIpc) is 3.09. The van der Waals surface area contributed by atoms with Gasteiger partial charge in [0.05, 0.1) is 23.5 Å². The molecule has 1 aliphatic carbocycles. The molecule has 5 N–H and O–H groups in total. The van der Waals surface area contributed by atoms with Crippen LogP contribution < -0.4 is 5.48 Å². The highest BCUT2D eigenvalue weighted by Gasteiger charge is 2.39. The predicted octanol–water partition coefficient (Wildman–Crippen LogP) is 4.93. The molecule has 33 heavy (non-hydrogen) atoms. The fraction of sp³-hybridized carbons (Fsp3) is 0.708. The molecule has 0 heterocycles. The second-order valence-corrected chi connectivity index (χ2v) is 9.07. The summed E-state index contributed by atoms with van der Waals surface area (Å²) in [4.78, 5) is 0. The highest BCUT2D eigenvalue weighted by molar-refractivity contribution is 5.89. The third-order valence-corrected chi connectivity index (χ3v) is 6.64. The number of hydroxylamine groups is 1. The van der Waals surface area contributed by atoms with Crippen molar-refractivity contribution in [2.75, 3.05) is 6.54 Å². The van der Waals surface area contributed by atoms with Crippen molar-refractivity contribution in [2.24, 2.45) is 17.0 Å². The Kier molecular flexibility index (Phi) is 11.6. The van der Waals surface area contributed by atoms with Crippen molar-refractivity contribution in [3.05, 3.63) is 35.4 Å². The molecule has 0 radical (unpaired) electrons. The van der Waals surface area contributed by atoms with E-state index in [1.807, 2.05) is 0 Å². The first-order valence-corrected chi connectivity index (χ1v) is 11.9. The molecule has 6 nitrogen and oxygen atoms in total. The Morgan fingerprint density at radius 1 is 1.06 bits per heavy atom. The van der Waals surface area contributed by atoms with E-state index in [1.54, 1.807) is 6.07 Å². The van der Waals surface area contributed by atoms with E-state index in [0.717, 1.165) is 50.7 Å². The number of aliphatic hydroxyl groups is 2. The second-order valence-electron chi connectivity index (χ2n) is 9.07. The van der Waals surface area contributed by atoms with Crippen LogP contribution in [0.25, 0.3) is 0 Å². The molecule has 4 atom stereocenters. The van der Waals surface area contributed by atoms with Gasteiger partial charge in [0, 0.05) is 18.9 Å². The van der Waals surface area contributed by atoms with Crippen LogP contribution in [0.2, 0.25) is 0 Å². The third-order valence-electron chi connectivity index (χ3n) is 6.64. The maximum Gasteiger partial charge on any atom is 0.416 e. The lowest BCUT2D eigenvalue weighted by Crippen LogP contribution is -2.22. The fourth-order valence-corrected chi connectivity index (χ4v) is 4.79. The molecule has 0 aromatic heterocycles. The molecular formula is C24H37F3N2O4. The average molecular weight is 475 g/mol. The minimum absolute atomic E-state index is 0.0225. The van der Waals surface area contributed by atoms with Crippen LogP contribution in [0.3, 0.4) is 0 Å². The summed E-state index contributed by atoms with van der Waals surface area (Å²) in [5.41, 5.74) is 2.55. The summed E-state index contributed by atoms with van der Waals surface area (Å²) >= 11 is 0. The summed E-state index contributed by atoms with van der Waals surface area (Å²) in [5, 5.41) is 42.2. The first-order valence-electron chi connectivity index (χ1n) is 11.9. The van der Waals surface area contributed by atoms with Crippen molar-refractivity contribution >= 4 is 5.71 Å². The molecule has 1 saturated carbocycles. The number of unbranched alkanes of at least 4 members (excludes halogenated alkanes) is 4. The minimum Gasteiger partial charge on any atom is -0.411 e. The number of rotatable bonds is 14. The molecule has 1 aromatic carbocycles. The molecular weight excluding hydrogens is 437 g/mol. The fourth-order valence-electron chi connectivity index (χ4n) is 4.79. The Morgan fingerprint density at radius 2 is 1.79 bits per heavy atom. The van der Waals surface area contributed by atoms with E-state index < -0.39 is 23.9 Å². The van der Waals surface area contributed by atoms with Crippen molar-refractivity contribution in [2.45, 2.75) is 89.0 Å². The van der Waals surface area contributed by atoms with Crippen LogP contribution in [0.1, 0.15) is 75.3 Å². The number of nitrogens with zero attached hydrogens (tertiary/aromatic N) is 1. The van der Waals surface area contributed by atoms with Crippen molar-refractivity contribution in [3.63, 3.8) is 0 Å². The van der Waals surface area contributed by atoms with Gasteiger partial charge in [-0.2, -0.15) is 13.2 Å². The van der Waals surface area contributed by atoms with E-state index in [1.165, 1.54) is 6.07 Å². The Labute approximate surface area is 193 Å². The molecule has 1 aromatic rings. The highest BCUT2D eigenvalue weighted by Crippen LogP contribution is 2.37. The first kappa shape index (κ1) is 27.6. The number of hydrogen-bond donors (Lipinski definition) is 5. The molecule has 0 bridgehead atoms. The first-order chi connectivity index (χ1) is 15.8. The quantitative estimate of drug-likeness (QED) is 0.149. The zero-order valence-electron chi connectivity index (χ0n) is 19.0. The summed E-state index contributed by atoms with van der Waals surface area (Å²) in [5.74, 6) is -0.127. The van der Waals surface area contributed by atoms with E-state index in [9.17, 15) is 28.6 Å². The van der Waals surface area contributed by atoms with Crippen LogP contribution >= 0.6 is 0 Å². The minimum atomic E-state index is -4.39. The molecule has 2 rings (SSSR count). The standard InChI is InChI=1S/C24H37F3N2O4/c25-24(26,27)18-8-6-7-17(15-18)10-11-19(30)12-13-20-21(23(31)16-22(20)29-33)9-4-2-1-3-5-14-28-32/h6-8,15,19-21,23,28,30-33H,1-5,9-14,16H2/b29-22-/t19-,20?,21+,23-/m0/s1. The monoisotopic (exact) mass is 474 g/mol. The largest absolute Gasteiger partial charge is 0.416 e. The molecule has 9 heteroatoms. The van der Waals surface area contributed by atoms with Crippen molar-refractivity contribution in [1.82, 2.24) is 5.48 Å². The Bertz CT molecular complexity index is 730. The number of hydrogen-bond acceptors (Lipinski definition) is 6. The summed E-state index contributed by atoms with van der Waals surface area (Å²) in [6.45, 7) is 0.579. The number of halogens is 3. The van der Waals surface area contributed by atoms with E-state index in [0.29, 0.717) is 49.9 Å². The number of nitrogens with one attached hydrogen (secondary N) is 1. The van der Waals surface area contributed by atoms with Gasteiger partial charge in [-0.3, -0.25) is 0 Å². The van der Waals surface area contributed by atoms with Crippen LogP contribution in [0.5, 0.6) is 0 Å². The maximum atomic E-state index is 12.9. The molecule has 188 valence electrons. The Morgan fingerprint density at radius 3 is 2.48 bits per heavy atom. The highest BCUT2D eigenvalue weighted by atomic mass is 19.4. The normalized spacial score (nSPS) is 23.3. The van der Waals surface area contributed by atoms with Gasteiger partial charge in [0.1, 0.15) is 0 Å². The van der Waals surface area contributed by atoms with E-state index in [4.69, 9.17) is 5.21 Å². The van der Waals surface area contributed by atoms with Crippen molar-refractivity contribution in [1.29, 1.82) is 0 Å². The predicted molar refractivity (Wildman–Crippen MR) is 119 cm³/mol. The van der Waals surface area contributed by atoms with Gasteiger partial charge in [-0.15, -0.1) is 0 Å². The van der Waals surface area contributed by atoms with Crippen molar-refractivity contribution in [3.8, 4) is 0 Å². The van der Waals surface area contributed by atoms with Gasteiger partial charge in [-0.1, -0.05) is 49.0 Å². The zero-order chi connectivity index (χ0) is 24.3. The van der Waals surface area contributed by atoms with Crippen LogP contribution in [-0.2, 0) is 12.6 Å². The van der Waals surface area contributed by atoms with Crippen LogP contribution in [-0.4, -0.2) is 45.1 Å². The van der Waals surface area contributed by atoms with Crippen molar-refractivity contribution < 1.29 is 33.8 Å². The smallest absolute Gasteiger partial charge is 0.411 e. The number of oxime groups is 1. The van der Waals surface area contributed by atoms with Gasteiger partial charge >= 0.3 is 6.18 Å². The van der Waals surface area contributed by atoms with E-state index >= 15 is 0 Å². The number of aliphatic hydroxyl groups excluding tert-OH is 2. The lowest BCUT2D eigenvalue weighted by atomic mass is 9.84. The van der Waals surface area contributed by atoms with E-state index in [2.05, 4.69) is 10.6 Å². The maximum absolute atomic E-state index is 12.9. The SMILES string of the molecule is O/N=C1/C[C@H](O)[C@H](CCCCCCCNO)C1CC[C@@H](O)CCc1cccc(C(F)(F)F)c1. The van der Waals surface area contributed by atoms with Gasteiger partial charge in [0.2, 0.25) is 0 Å². The van der Waals surface area contributed by atoms with Gasteiger partial charge < -0.3 is 20.6 Å². The number of aryl methyl sites for hydroxylation is 1. The molecule has 1 aliphatic rings. The molecule has 0 amide bonds. The zero-order valence-corrected chi connectivity index (χ0v) is 19.0. The van der Waals surface area contributed by atoms with Gasteiger partial charge in [-0.25, -0.2) is 5.48 Å². The Hall–Kier alpha value is -1.68. The number of alkyl halides is 3.